The van der Waals surface area contributed by atoms with Crippen LogP contribution in [0.25, 0.3) is 0 Å². The van der Waals surface area contributed by atoms with Gasteiger partial charge in [0.2, 0.25) is 0 Å². The van der Waals surface area contributed by atoms with Crippen LogP contribution >= 0.6 is 39.9 Å². The minimum absolute atomic E-state index is 0. The molecule has 1 fully saturated rings. The maximum absolute atomic E-state index is 4.90. The molecule has 1 heterocycles. The minimum atomic E-state index is 0. The van der Waals surface area contributed by atoms with Gasteiger partial charge in [0, 0.05) is 50.3 Å². The number of rotatable bonds is 5. The van der Waals surface area contributed by atoms with Crippen molar-refractivity contribution in [3.63, 3.8) is 0 Å². The molecular weight excluding hydrogens is 493 g/mol. The Balaban J connectivity index is 0.00000312. The molecule has 2 rings (SSSR count). The zero-order valence-electron chi connectivity index (χ0n) is 15.7. The predicted octanol–water partition coefficient (Wildman–Crippen LogP) is 2.71. The smallest absolute Gasteiger partial charge is 0.194 e. The minimum Gasteiger partial charge on any atom is -0.357 e. The molecule has 0 aromatic heterocycles. The van der Waals surface area contributed by atoms with E-state index in [1.807, 2.05) is 6.07 Å². The first kappa shape index (κ1) is 22.7. The normalized spacial score (nSPS) is 19.4. The summed E-state index contributed by atoms with van der Waals surface area (Å²) in [5.74, 6) is 0.967. The van der Waals surface area contributed by atoms with Crippen molar-refractivity contribution in [1.29, 1.82) is 0 Å². The summed E-state index contributed by atoms with van der Waals surface area (Å²) in [6.07, 6.45) is 0. The van der Waals surface area contributed by atoms with Crippen molar-refractivity contribution in [2.45, 2.75) is 19.5 Å². The van der Waals surface area contributed by atoms with Crippen molar-refractivity contribution in [1.82, 2.24) is 20.0 Å². The summed E-state index contributed by atoms with van der Waals surface area (Å²) in [6.45, 7) is 7.96. The lowest BCUT2D eigenvalue weighted by Crippen LogP contribution is -2.51. The molecule has 7 heteroatoms. The Morgan fingerprint density at radius 1 is 1.32 bits per heavy atom. The second-order valence-electron chi connectivity index (χ2n) is 6.54. The summed E-state index contributed by atoms with van der Waals surface area (Å²) in [7, 11) is 6.48. The van der Waals surface area contributed by atoms with Crippen LogP contribution in [0.2, 0.25) is 0 Å². The van der Waals surface area contributed by atoms with E-state index in [0.717, 1.165) is 49.7 Å². The lowest BCUT2D eigenvalue weighted by molar-refractivity contribution is 0.119. The summed E-state index contributed by atoms with van der Waals surface area (Å²) >= 11 is 3.63. The standard InChI is InChI=1S/C18H30BrN5.HI/c1-5-20-18(21-12-16-14-22(2)10-11-23(16)3)24(4)13-15-8-6-7-9-17(15)19;/h6-9,16H,5,10-14H2,1-4H3,(H,20,21);1H. The fraction of sp³-hybridized carbons (Fsp3) is 0.611. The van der Waals surface area contributed by atoms with Crippen molar-refractivity contribution in [3.8, 4) is 0 Å². The Morgan fingerprint density at radius 2 is 2.04 bits per heavy atom. The van der Waals surface area contributed by atoms with Gasteiger partial charge in [0.05, 0.1) is 6.54 Å². The average molecular weight is 524 g/mol. The molecule has 25 heavy (non-hydrogen) atoms. The lowest BCUT2D eigenvalue weighted by Gasteiger charge is -2.37. The van der Waals surface area contributed by atoms with E-state index < -0.39 is 0 Å². The molecule has 5 nitrogen and oxygen atoms in total. The van der Waals surface area contributed by atoms with E-state index in [1.165, 1.54) is 5.56 Å². The molecule has 0 bridgehead atoms. The van der Waals surface area contributed by atoms with E-state index in [1.54, 1.807) is 0 Å². The van der Waals surface area contributed by atoms with Gasteiger partial charge in [-0.2, -0.15) is 0 Å². The highest BCUT2D eigenvalue weighted by Gasteiger charge is 2.22. The van der Waals surface area contributed by atoms with Crippen LogP contribution < -0.4 is 5.32 Å². The third-order valence-electron chi connectivity index (χ3n) is 4.49. The molecule has 0 radical (unpaired) electrons. The van der Waals surface area contributed by atoms with Gasteiger partial charge in [0.25, 0.3) is 0 Å². The number of benzene rings is 1. The van der Waals surface area contributed by atoms with Crippen LogP contribution in [0.4, 0.5) is 0 Å². The Morgan fingerprint density at radius 3 is 2.72 bits per heavy atom. The molecule has 1 aliphatic rings. The number of guanidine groups is 1. The third kappa shape index (κ3) is 7.03. The van der Waals surface area contributed by atoms with Crippen molar-refractivity contribution in [2.75, 3.05) is 53.9 Å². The highest BCUT2D eigenvalue weighted by Crippen LogP contribution is 2.17. The van der Waals surface area contributed by atoms with Crippen LogP contribution in [-0.4, -0.2) is 80.6 Å². The summed E-state index contributed by atoms with van der Waals surface area (Å²) in [5.41, 5.74) is 1.26. The first-order valence-corrected chi connectivity index (χ1v) is 9.42. The number of nitrogens with zero attached hydrogens (tertiary/aromatic N) is 4. The number of hydrogen-bond acceptors (Lipinski definition) is 3. The molecule has 1 N–H and O–H groups in total. The van der Waals surface area contributed by atoms with Crippen LogP contribution in [0.15, 0.2) is 33.7 Å². The Labute approximate surface area is 178 Å². The highest BCUT2D eigenvalue weighted by atomic mass is 127. The van der Waals surface area contributed by atoms with Crippen LogP contribution in [0.5, 0.6) is 0 Å². The molecule has 0 spiro atoms. The first-order valence-electron chi connectivity index (χ1n) is 8.63. The monoisotopic (exact) mass is 523 g/mol. The number of aliphatic imine (C=N–C) groups is 1. The largest absolute Gasteiger partial charge is 0.357 e. The van der Waals surface area contributed by atoms with Crippen LogP contribution in [-0.2, 0) is 6.54 Å². The van der Waals surface area contributed by atoms with Crippen LogP contribution in [0, 0.1) is 0 Å². The summed E-state index contributed by atoms with van der Waals surface area (Å²) in [5, 5.41) is 3.42. The molecule has 0 aliphatic carbocycles. The second kappa shape index (κ2) is 11.4. The van der Waals surface area contributed by atoms with Gasteiger partial charge in [0.15, 0.2) is 5.96 Å². The molecule has 0 amide bonds. The summed E-state index contributed by atoms with van der Waals surface area (Å²) in [6, 6.07) is 8.83. The quantitative estimate of drug-likeness (QED) is 0.365. The number of halogens is 2. The van der Waals surface area contributed by atoms with E-state index in [9.17, 15) is 0 Å². The van der Waals surface area contributed by atoms with Gasteiger partial charge in [-0.1, -0.05) is 34.1 Å². The Kier molecular flexibility index (Phi) is 10.3. The second-order valence-corrected chi connectivity index (χ2v) is 7.39. The summed E-state index contributed by atoms with van der Waals surface area (Å²) in [4.78, 5) is 11.9. The van der Waals surface area contributed by atoms with Gasteiger partial charge >= 0.3 is 0 Å². The SMILES string of the molecule is CCNC(=NCC1CN(C)CCN1C)N(C)Cc1ccccc1Br.I. The summed E-state index contributed by atoms with van der Waals surface area (Å²) < 4.78 is 1.14. The number of hydrogen-bond donors (Lipinski definition) is 1. The average Bonchev–Trinajstić information content (AvgIpc) is 2.56. The van der Waals surface area contributed by atoms with E-state index in [0.29, 0.717) is 6.04 Å². The van der Waals surface area contributed by atoms with E-state index in [4.69, 9.17) is 4.99 Å². The van der Waals surface area contributed by atoms with Gasteiger partial charge in [0.1, 0.15) is 0 Å². The van der Waals surface area contributed by atoms with Gasteiger partial charge in [-0.3, -0.25) is 9.89 Å². The molecule has 142 valence electrons. The topological polar surface area (TPSA) is 34.1 Å². The Bertz CT molecular complexity index is 554. The molecule has 1 aromatic rings. The van der Waals surface area contributed by atoms with Crippen LogP contribution in [0.3, 0.4) is 0 Å². The maximum Gasteiger partial charge on any atom is 0.194 e. The van der Waals surface area contributed by atoms with Crippen molar-refractivity contribution >= 4 is 45.9 Å². The molecule has 1 atom stereocenters. The fourth-order valence-corrected chi connectivity index (χ4v) is 3.33. The van der Waals surface area contributed by atoms with Gasteiger partial charge in [-0.15, -0.1) is 24.0 Å². The predicted molar refractivity (Wildman–Crippen MR) is 121 cm³/mol. The number of likely N-dealkylation sites (N-methyl/N-ethyl adjacent to an activating group) is 2. The van der Waals surface area contributed by atoms with Gasteiger partial charge < -0.3 is 15.1 Å². The van der Waals surface area contributed by atoms with Crippen molar-refractivity contribution < 1.29 is 0 Å². The number of nitrogens with one attached hydrogen (secondary N) is 1. The maximum atomic E-state index is 4.90. The van der Waals surface area contributed by atoms with Gasteiger partial charge in [-0.05, 0) is 32.6 Å². The molecule has 0 saturated carbocycles. The molecular formula is C18H31BrIN5. The molecule has 1 unspecified atom stereocenters. The van der Waals surface area contributed by atoms with E-state index >= 15 is 0 Å². The van der Waals surface area contributed by atoms with Crippen molar-refractivity contribution in [2.24, 2.45) is 4.99 Å². The zero-order valence-corrected chi connectivity index (χ0v) is 19.6. The zero-order chi connectivity index (χ0) is 17.5. The van der Waals surface area contributed by atoms with Crippen molar-refractivity contribution in [3.05, 3.63) is 34.3 Å². The fourth-order valence-electron chi connectivity index (χ4n) is 2.92. The van der Waals surface area contributed by atoms with E-state index in [-0.39, 0.29) is 24.0 Å². The molecule has 1 aromatic carbocycles. The Hall–Kier alpha value is -0.380. The number of piperazine rings is 1. The first-order chi connectivity index (χ1) is 11.5. The lowest BCUT2D eigenvalue weighted by atomic mass is 10.2. The molecule has 1 saturated heterocycles. The third-order valence-corrected chi connectivity index (χ3v) is 5.27. The highest BCUT2D eigenvalue weighted by molar-refractivity contribution is 14.0. The van der Waals surface area contributed by atoms with E-state index in [2.05, 4.69) is 82.2 Å². The van der Waals surface area contributed by atoms with Gasteiger partial charge in [-0.25, -0.2) is 0 Å². The van der Waals surface area contributed by atoms with Crippen LogP contribution in [0.1, 0.15) is 12.5 Å². The molecule has 1 aliphatic heterocycles.